The quantitative estimate of drug-likeness (QED) is 0.184. The fourth-order valence-corrected chi connectivity index (χ4v) is 7.71. The van der Waals surface area contributed by atoms with E-state index < -0.39 is 0 Å². The molecule has 0 aliphatic carbocycles. The number of aromatic amines is 2. The molecule has 2 heterocycles. The Hall–Kier alpha value is -6.84. The summed E-state index contributed by atoms with van der Waals surface area (Å²) in [5.41, 5.74) is 15.1. The maximum atomic E-state index is 3.68. The number of hydrogen-bond donors (Lipinski definition) is 2. The molecule has 51 heavy (non-hydrogen) atoms. The van der Waals surface area contributed by atoms with Crippen molar-refractivity contribution in [2.75, 3.05) is 4.90 Å². The molecule has 2 N–H and O–H groups in total. The van der Waals surface area contributed by atoms with Crippen LogP contribution in [0.3, 0.4) is 0 Å². The van der Waals surface area contributed by atoms with Crippen LogP contribution in [0.15, 0.2) is 188 Å². The van der Waals surface area contributed by atoms with Gasteiger partial charge in [-0.2, -0.15) is 0 Å². The average molecular weight is 652 g/mol. The molecule has 0 fully saturated rings. The number of rotatable bonds is 6. The minimum atomic E-state index is 1.10. The molecule has 0 spiro atoms. The Morgan fingerprint density at radius 3 is 1.29 bits per heavy atom. The zero-order valence-corrected chi connectivity index (χ0v) is 27.8. The first-order chi connectivity index (χ1) is 25.3. The number of benzene rings is 8. The van der Waals surface area contributed by atoms with Gasteiger partial charge in [-0.1, -0.05) is 140 Å². The Labute approximate surface area is 296 Å². The molecule has 0 saturated heterocycles. The molecule has 2 aromatic heterocycles. The van der Waals surface area contributed by atoms with E-state index in [1.54, 1.807) is 0 Å². The summed E-state index contributed by atoms with van der Waals surface area (Å²) in [4.78, 5) is 9.72. The van der Waals surface area contributed by atoms with Crippen LogP contribution in [0, 0.1) is 0 Å². The topological polar surface area (TPSA) is 34.8 Å². The van der Waals surface area contributed by atoms with Gasteiger partial charge in [0.1, 0.15) is 0 Å². The van der Waals surface area contributed by atoms with E-state index in [-0.39, 0.29) is 0 Å². The summed E-state index contributed by atoms with van der Waals surface area (Å²) in [6.07, 6.45) is 0. The molecule has 3 heteroatoms. The van der Waals surface area contributed by atoms with Gasteiger partial charge in [0.2, 0.25) is 0 Å². The molecule has 240 valence electrons. The van der Waals surface area contributed by atoms with Gasteiger partial charge >= 0.3 is 0 Å². The van der Waals surface area contributed by atoms with E-state index in [2.05, 4.69) is 203 Å². The third-order valence-electron chi connectivity index (χ3n) is 10.2. The van der Waals surface area contributed by atoms with E-state index in [1.165, 1.54) is 66.0 Å². The van der Waals surface area contributed by atoms with Gasteiger partial charge in [0.05, 0.1) is 11.0 Å². The van der Waals surface area contributed by atoms with Crippen molar-refractivity contribution in [1.29, 1.82) is 0 Å². The van der Waals surface area contributed by atoms with Crippen LogP contribution in [0.2, 0.25) is 0 Å². The maximum absolute atomic E-state index is 3.68. The minimum absolute atomic E-state index is 1.10. The second-order valence-electron chi connectivity index (χ2n) is 13.1. The lowest BCUT2D eigenvalue weighted by atomic mass is 10.00. The molecule has 0 aliphatic rings. The van der Waals surface area contributed by atoms with Crippen LogP contribution in [0.5, 0.6) is 0 Å². The van der Waals surface area contributed by atoms with E-state index in [0.29, 0.717) is 0 Å². The van der Waals surface area contributed by atoms with Crippen LogP contribution in [0.1, 0.15) is 0 Å². The first-order valence-electron chi connectivity index (χ1n) is 17.4. The highest BCUT2D eigenvalue weighted by Gasteiger charge is 2.16. The normalized spacial score (nSPS) is 11.5. The monoisotopic (exact) mass is 651 g/mol. The second kappa shape index (κ2) is 11.9. The number of nitrogens with one attached hydrogen (secondary N) is 2. The highest BCUT2D eigenvalue weighted by Crippen LogP contribution is 2.40. The molecule has 0 saturated carbocycles. The fraction of sp³-hybridized carbons (Fsp3) is 0. The number of para-hydroxylation sites is 4. The van der Waals surface area contributed by atoms with Crippen LogP contribution >= 0.6 is 0 Å². The molecule has 3 nitrogen and oxygen atoms in total. The summed E-state index contributed by atoms with van der Waals surface area (Å²) in [6, 6.07) is 67.6. The SMILES string of the molecule is c1ccc(-c2cccc(N(c3ccc(-c4cccc5c4[nH]c4ccccc45)cc3)c3ccc(-c4cccc5c4[nH]c4ccccc45)cc3)c2)cc1. The van der Waals surface area contributed by atoms with Crippen LogP contribution in [0.4, 0.5) is 17.1 Å². The molecular weight excluding hydrogens is 619 g/mol. The van der Waals surface area contributed by atoms with Crippen molar-refractivity contribution < 1.29 is 0 Å². The third kappa shape index (κ3) is 4.98. The predicted molar refractivity (Wildman–Crippen MR) is 216 cm³/mol. The van der Waals surface area contributed by atoms with E-state index in [4.69, 9.17) is 0 Å². The summed E-state index contributed by atoms with van der Waals surface area (Å²) >= 11 is 0. The standard InChI is InChI=1S/C48H33N3/c1-2-11-32(12-3-1)35-13-8-14-38(31-35)51(36-27-23-33(24-28-36)39-17-9-19-43-41-15-4-6-21-45(41)49-47(39)43)37-29-25-34(26-30-37)40-18-10-20-44-42-16-5-7-22-46(42)50-48(40)44/h1-31,49-50H. The summed E-state index contributed by atoms with van der Waals surface area (Å²) in [7, 11) is 0. The van der Waals surface area contributed by atoms with Gasteiger partial charge in [-0.25, -0.2) is 0 Å². The van der Waals surface area contributed by atoms with E-state index in [1.807, 2.05) is 0 Å². The molecular formula is C48H33N3. The smallest absolute Gasteiger partial charge is 0.0544 e. The molecule has 0 unspecified atom stereocenters. The molecule has 0 radical (unpaired) electrons. The molecule has 0 bridgehead atoms. The zero-order valence-electron chi connectivity index (χ0n) is 27.8. The van der Waals surface area contributed by atoms with Crippen LogP contribution < -0.4 is 4.90 Å². The molecule has 10 rings (SSSR count). The lowest BCUT2D eigenvalue weighted by molar-refractivity contribution is 1.28. The first-order valence-corrected chi connectivity index (χ1v) is 17.4. The van der Waals surface area contributed by atoms with Gasteiger partial charge in [-0.3, -0.25) is 0 Å². The highest BCUT2D eigenvalue weighted by molar-refractivity contribution is 6.13. The first kappa shape index (κ1) is 29.1. The number of anilines is 3. The van der Waals surface area contributed by atoms with Gasteiger partial charge in [-0.05, 0) is 70.8 Å². The van der Waals surface area contributed by atoms with Gasteiger partial charge in [-0.15, -0.1) is 0 Å². The zero-order chi connectivity index (χ0) is 33.7. The fourth-order valence-electron chi connectivity index (χ4n) is 7.71. The van der Waals surface area contributed by atoms with Gasteiger partial charge < -0.3 is 14.9 Å². The largest absolute Gasteiger partial charge is 0.354 e. The van der Waals surface area contributed by atoms with Crippen LogP contribution in [-0.2, 0) is 0 Å². The van der Waals surface area contributed by atoms with Gasteiger partial charge in [0.15, 0.2) is 0 Å². The molecule has 0 aliphatic heterocycles. The lowest BCUT2D eigenvalue weighted by Gasteiger charge is -2.26. The summed E-state index contributed by atoms with van der Waals surface area (Å²) in [5.74, 6) is 0. The van der Waals surface area contributed by atoms with Crippen molar-refractivity contribution in [3.05, 3.63) is 188 Å². The summed E-state index contributed by atoms with van der Waals surface area (Å²) < 4.78 is 0. The molecule has 8 aromatic carbocycles. The number of nitrogens with zero attached hydrogens (tertiary/aromatic N) is 1. The summed E-state index contributed by atoms with van der Waals surface area (Å²) in [5, 5.41) is 4.99. The van der Waals surface area contributed by atoms with E-state index in [0.717, 1.165) is 28.1 Å². The van der Waals surface area contributed by atoms with Crippen molar-refractivity contribution in [3.8, 4) is 33.4 Å². The predicted octanol–water partition coefficient (Wildman–Crippen LogP) is 13.4. The Bertz CT molecular complexity index is 2680. The lowest BCUT2D eigenvalue weighted by Crippen LogP contribution is -2.10. The molecule has 0 atom stereocenters. The Morgan fingerprint density at radius 2 is 0.745 bits per heavy atom. The van der Waals surface area contributed by atoms with Crippen molar-refractivity contribution >= 4 is 60.7 Å². The highest BCUT2D eigenvalue weighted by atomic mass is 15.1. The second-order valence-corrected chi connectivity index (χ2v) is 13.1. The number of hydrogen-bond acceptors (Lipinski definition) is 1. The Kier molecular flexibility index (Phi) is 6.81. The number of fused-ring (bicyclic) bond motifs is 6. The number of H-pyrrole nitrogens is 2. The summed E-state index contributed by atoms with van der Waals surface area (Å²) in [6.45, 7) is 0. The Morgan fingerprint density at radius 1 is 0.294 bits per heavy atom. The van der Waals surface area contributed by atoms with Crippen molar-refractivity contribution in [2.24, 2.45) is 0 Å². The average Bonchev–Trinajstić information content (AvgIpc) is 3.78. The minimum Gasteiger partial charge on any atom is -0.354 e. The van der Waals surface area contributed by atoms with E-state index in [9.17, 15) is 0 Å². The molecule has 0 amide bonds. The van der Waals surface area contributed by atoms with Crippen molar-refractivity contribution in [2.45, 2.75) is 0 Å². The van der Waals surface area contributed by atoms with E-state index >= 15 is 0 Å². The van der Waals surface area contributed by atoms with Crippen LogP contribution in [-0.4, -0.2) is 9.97 Å². The molecule has 10 aromatic rings. The van der Waals surface area contributed by atoms with Gasteiger partial charge in [0.25, 0.3) is 0 Å². The van der Waals surface area contributed by atoms with Crippen molar-refractivity contribution in [3.63, 3.8) is 0 Å². The Balaban J connectivity index is 1.08. The maximum Gasteiger partial charge on any atom is 0.0544 e. The van der Waals surface area contributed by atoms with Crippen LogP contribution in [0.25, 0.3) is 77.0 Å². The third-order valence-corrected chi connectivity index (χ3v) is 10.2. The van der Waals surface area contributed by atoms with Crippen molar-refractivity contribution in [1.82, 2.24) is 9.97 Å². The van der Waals surface area contributed by atoms with Gasteiger partial charge in [0, 0.05) is 60.8 Å². The number of aromatic nitrogens is 2.